The van der Waals surface area contributed by atoms with E-state index < -0.39 is 0 Å². The summed E-state index contributed by atoms with van der Waals surface area (Å²) in [4.78, 5) is 15.4. The lowest BCUT2D eigenvalue weighted by molar-refractivity contribution is -0.121. The quantitative estimate of drug-likeness (QED) is 0.635. The van der Waals surface area contributed by atoms with Crippen molar-refractivity contribution >= 4 is 5.91 Å². The van der Waals surface area contributed by atoms with Crippen LogP contribution in [0.2, 0.25) is 0 Å². The van der Waals surface area contributed by atoms with Crippen LogP contribution in [0.4, 0.5) is 0 Å². The van der Waals surface area contributed by atoms with Gasteiger partial charge in [-0.15, -0.1) is 0 Å². The van der Waals surface area contributed by atoms with Crippen LogP contribution in [-0.4, -0.2) is 37.7 Å². The molecule has 0 saturated heterocycles. The Morgan fingerprint density at radius 3 is 2.83 bits per heavy atom. The first-order chi connectivity index (χ1) is 8.83. The molecule has 1 amide bonds. The zero-order valence-electron chi connectivity index (χ0n) is 10.8. The fourth-order valence-corrected chi connectivity index (χ4v) is 1.47. The molecule has 1 aromatic rings. The van der Waals surface area contributed by atoms with E-state index in [4.69, 9.17) is 4.74 Å². The molecular weight excluding hydrogens is 230 g/mol. The minimum atomic E-state index is 0.0772. The van der Waals surface area contributed by atoms with Crippen LogP contribution in [0.5, 0.6) is 0 Å². The summed E-state index contributed by atoms with van der Waals surface area (Å²) in [7, 11) is 1.66. The number of carbonyl (C=O) groups excluding carboxylic acids is 1. The molecule has 5 heteroatoms. The predicted octanol–water partition coefficient (Wildman–Crippen LogP) is 0.714. The van der Waals surface area contributed by atoms with Crippen LogP contribution in [0, 0.1) is 0 Å². The van der Waals surface area contributed by atoms with Crippen molar-refractivity contribution in [1.82, 2.24) is 15.6 Å². The van der Waals surface area contributed by atoms with Crippen LogP contribution in [0.25, 0.3) is 0 Å². The molecule has 0 aliphatic heterocycles. The second kappa shape index (κ2) is 9.56. The third kappa shape index (κ3) is 6.98. The second-order valence-electron chi connectivity index (χ2n) is 3.98. The van der Waals surface area contributed by atoms with E-state index in [9.17, 15) is 4.79 Å². The molecule has 0 unspecified atom stereocenters. The molecule has 1 rings (SSSR count). The molecule has 18 heavy (non-hydrogen) atoms. The zero-order valence-corrected chi connectivity index (χ0v) is 10.8. The molecule has 0 bridgehead atoms. The van der Waals surface area contributed by atoms with E-state index in [0.29, 0.717) is 26.1 Å². The third-order valence-electron chi connectivity index (χ3n) is 2.45. The molecule has 0 atom stereocenters. The lowest BCUT2D eigenvalue weighted by atomic mass is 10.2. The number of nitrogens with one attached hydrogen (secondary N) is 2. The molecule has 0 radical (unpaired) electrons. The second-order valence-corrected chi connectivity index (χ2v) is 3.98. The zero-order chi connectivity index (χ0) is 13.1. The summed E-state index contributed by atoms with van der Waals surface area (Å²) in [5.74, 6) is 0.0772. The van der Waals surface area contributed by atoms with Crippen molar-refractivity contribution in [3.63, 3.8) is 0 Å². The summed E-state index contributed by atoms with van der Waals surface area (Å²) in [6.45, 7) is 2.80. The molecule has 0 aliphatic carbocycles. The number of hydrogen-bond donors (Lipinski definition) is 2. The monoisotopic (exact) mass is 251 g/mol. The Hall–Kier alpha value is -1.46. The average Bonchev–Trinajstić information content (AvgIpc) is 2.41. The van der Waals surface area contributed by atoms with E-state index in [1.807, 2.05) is 12.1 Å². The van der Waals surface area contributed by atoms with Crippen molar-refractivity contribution in [2.45, 2.75) is 19.4 Å². The summed E-state index contributed by atoms with van der Waals surface area (Å²) in [5.41, 5.74) is 1.17. The number of pyridine rings is 1. The standard InChI is InChI=1S/C13H21N3O2/c1-18-10-2-6-16-13(17)5-9-15-11-12-3-7-14-8-4-12/h3-4,7-8,15H,2,5-6,9-11H2,1H3,(H,16,17). The molecule has 0 fully saturated rings. The number of aromatic nitrogens is 1. The van der Waals surface area contributed by atoms with Crippen LogP contribution in [0.1, 0.15) is 18.4 Å². The molecule has 0 aromatic carbocycles. The largest absolute Gasteiger partial charge is 0.385 e. The van der Waals surface area contributed by atoms with Gasteiger partial charge in [0.1, 0.15) is 0 Å². The van der Waals surface area contributed by atoms with Crippen molar-refractivity contribution < 1.29 is 9.53 Å². The first-order valence-electron chi connectivity index (χ1n) is 6.18. The van der Waals surface area contributed by atoms with Gasteiger partial charge in [0.15, 0.2) is 0 Å². The van der Waals surface area contributed by atoms with Gasteiger partial charge >= 0.3 is 0 Å². The molecular formula is C13H21N3O2. The Bertz CT molecular complexity index is 330. The summed E-state index contributed by atoms with van der Waals surface area (Å²) < 4.78 is 4.90. The highest BCUT2D eigenvalue weighted by atomic mass is 16.5. The van der Waals surface area contributed by atoms with Crippen molar-refractivity contribution in [1.29, 1.82) is 0 Å². The van der Waals surface area contributed by atoms with Crippen LogP contribution in [0.15, 0.2) is 24.5 Å². The van der Waals surface area contributed by atoms with E-state index in [2.05, 4.69) is 15.6 Å². The molecule has 1 heterocycles. The smallest absolute Gasteiger partial charge is 0.221 e. The number of amides is 1. The molecule has 0 saturated carbocycles. The van der Waals surface area contributed by atoms with Gasteiger partial charge in [0, 0.05) is 52.2 Å². The number of rotatable bonds is 9. The van der Waals surface area contributed by atoms with Crippen LogP contribution in [-0.2, 0) is 16.1 Å². The highest BCUT2D eigenvalue weighted by Gasteiger charge is 1.99. The Balaban J connectivity index is 1.99. The highest BCUT2D eigenvalue weighted by Crippen LogP contribution is 1.94. The predicted molar refractivity (Wildman–Crippen MR) is 70.1 cm³/mol. The van der Waals surface area contributed by atoms with Gasteiger partial charge in [0.25, 0.3) is 0 Å². The van der Waals surface area contributed by atoms with Gasteiger partial charge in [0.2, 0.25) is 5.91 Å². The molecule has 5 nitrogen and oxygen atoms in total. The SMILES string of the molecule is COCCCNC(=O)CCNCc1ccncc1. The topological polar surface area (TPSA) is 63.2 Å². The molecule has 0 aliphatic rings. The van der Waals surface area contributed by atoms with E-state index in [0.717, 1.165) is 13.0 Å². The summed E-state index contributed by atoms with van der Waals surface area (Å²) in [5, 5.41) is 6.07. The normalized spacial score (nSPS) is 10.3. The Morgan fingerprint density at radius 1 is 1.33 bits per heavy atom. The number of carbonyl (C=O) groups is 1. The maximum absolute atomic E-state index is 11.4. The van der Waals surface area contributed by atoms with E-state index in [1.54, 1.807) is 19.5 Å². The number of nitrogens with zero attached hydrogens (tertiary/aromatic N) is 1. The van der Waals surface area contributed by atoms with Crippen molar-refractivity contribution in [2.75, 3.05) is 26.8 Å². The summed E-state index contributed by atoms with van der Waals surface area (Å²) in [6, 6.07) is 3.91. The van der Waals surface area contributed by atoms with Crippen LogP contribution in [0.3, 0.4) is 0 Å². The minimum Gasteiger partial charge on any atom is -0.385 e. The fraction of sp³-hybridized carbons (Fsp3) is 0.538. The van der Waals surface area contributed by atoms with Crippen LogP contribution < -0.4 is 10.6 Å². The van der Waals surface area contributed by atoms with Crippen LogP contribution >= 0.6 is 0 Å². The van der Waals surface area contributed by atoms with Gasteiger partial charge in [0.05, 0.1) is 0 Å². The van der Waals surface area contributed by atoms with Gasteiger partial charge in [-0.2, -0.15) is 0 Å². The first-order valence-corrected chi connectivity index (χ1v) is 6.18. The van der Waals surface area contributed by atoms with E-state index in [-0.39, 0.29) is 5.91 Å². The number of hydrogen-bond acceptors (Lipinski definition) is 4. The van der Waals surface area contributed by atoms with Crippen molar-refractivity contribution in [2.24, 2.45) is 0 Å². The minimum absolute atomic E-state index is 0.0772. The van der Waals surface area contributed by atoms with E-state index >= 15 is 0 Å². The summed E-state index contributed by atoms with van der Waals surface area (Å²) in [6.07, 6.45) is 4.88. The lowest BCUT2D eigenvalue weighted by Gasteiger charge is -2.06. The summed E-state index contributed by atoms with van der Waals surface area (Å²) >= 11 is 0. The van der Waals surface area contributed by atoms with Crippen molar-refractivity contribution in [3.8, 4) is 0 Å². The number of ether oxygens (including phenoxy) is 1. The first kappa shape index (κ1) is 14.6. The number of methoxy groups -OCH3 is 1. The van der Waals surface area contributed by atoms with Gasteiger partial charge < -0.3 is 15.4 Å². The highest BCUT2D eigenvalue weighted by molar-refractivity contribution is 5.75. The molecule has 0 spiro atoms. The van der Waals surface area contributed by atoms with Gasteiger partial charge in [-0.25, -0.2) is 0 Å². The fourth-order valence-electron chi connectivity index (χ4n) is 1.47. The molecule has 1 aromatic heterocycles. The Kier molecular flexibility index (Phi) is 7.75. The van der Waals surface area contributed by atoms with Gasteiger partial charge in [-0.3, -0.25) is 9.78 Å². The maximum atomic E-state index is 11.4. The molecule has 100 valence electrons. The van der Waals surface area contributed by atoms with Gasteiger partial charge in [-0.1, -0.05) is 0 Å². The van der Waals surface area contributed by atoms with Gasteiger partial charge in [-0.05, 0) is 24.1 Å². The Morgan fingerprint density at radius 2 is 2.11 bits per heavy atom. The van der Waals surface area contributed by atoms with E-state index in [1.165, 1.54) is 5.56 Å². The average molecular weight is 251 g/mol. The Labute approximate surface area is 108 Å². The third-order valence-corrected chi connectivity index (χ3v) is 2.45. The molecule has 2 N–H and O–H groups in total. The van der Waals surface area contributed by atoms with Crippen molar-refractivity contribution in [3.05, 3.63) is 30.1 Å². The maximum Gasteiger partial charge on any atom is 0.221 e. The lowest BCUT2D eigenvalue weighted by Crippen LogP contribution is -2.28.